The van der Waals surface area contributed by atoms with Crippen LogP contribution in [-0.4, -0.2) is 25.1 Å². The van der Waals surface area contributed by atoms with Crippen LogP contribution in [0, 0.1) is 11.3 Å². The highest BCUT2D eigenvalue weighted by atomic mass is 16.1. The molecule has 2 heterocycles. The number of aryl methyl sites for hydroxylation is 2. The van der Waals surface area contributed by atoms with E-state index in [2.05, 4.69) is 16.2 Å². The first kappa shape index (κ1) is 17.6. The zero-order valence-electron chi connectivity index (χ0n) is 15.2. The summed E-state index contributed by atoms with van der Waals surface area (Å²) in [5.74, 6) is -0.750. The van der Waals surface area contributed by atoms with Gasteiger partial charge in [-0.25, -0.2) is 4.98 Å². The number of hydrogen-bond donors (Lipinski definition) is 0. The van der Waals surface area contributed by atoms with Crippen molar-refractivity contribution >= 4 is 27.7 Å². The van der Waals surface area contributed by atoms with Crippen LogP contribution >= 0.6 is 0 Å². The summed E-state index contributed by atoms with van der Waals surface area (Å²) in [6, 6.07) is 16.7. The van der Waals surface area contributed by atoms with Crippen molar-refractivity contribution in [1.29, 1.82) is 5.26 Å². The summed E-state index contributed by atoms with van der Waals surface area (Å²) in [5, 5.41) is 14.3. The number of para-hydroxylation sites is 3. The Morgan fingerprint density at radius 2 is 1.86 bits per heavy atom. The van der Waals surface area contributed by atoms with Crippen LogP contribution in [0.5, 0.6) is 0 Å². The quantitative estimate of drug-likeness (QED) is 0.537. The second-order valence-electron chi connectivity index (χ2n) is 6.55. The fourth-order valence-electron chi connectivity index (χ4n) is 3.40. The molecule has 0 radical (unpaired) electrons. The van der Waals surface area contributed by atoms with Gasteiger partial charge in [-0.05, 0) is 24.3 Å². The van der Waals surface area contributed by atoms with Crippen LogP contribution in [-0.2, 0) is 18.4 Å². The molecule has 0 bridgehead atoms. The number of fused-ring (bicyclic) bond motifs is 2. The van der Waals surface area contributed by atoms with E-state index < -0.39 is 5.92 Å². The van der Waals surface area contributed by atoms with Crippen molar-refractivity contribution < 1.29 is 4.79 Å². The van der Waals surface area contributed by atoms with Crippen LogP contribution in [0.2, 0.25) is 0 Å². The third-order valence-corrected chi connectivity index (χ3v) is 4.86. The van der Waals surface area contributed by atoms with Gasteiger partial charge < -0.3 is 4.57 Å². The number of nitrogens with zero attached hydrogens (tertiary/aromatic N) is 5. The lowest BCUT2D eigenvalue weighted by molar-refractivity contribution is -0.119. The topological polar surface area (TPSA) is 93.6 Å². The maximum atomic E-state index is 12.8. The summed E-state index contributed by atoms with van der Waals surface area (Å²) in [7, 11) is 1.80. The number of imidazole rings is 1. The predicted molar refractivity (Wildman–Crippen MR) is 105 cm³/mol. The van der Waals surface area contributed by atoms with E-state index in [1.54, 1.807) is 34.5 Å². The molecular formula is C21H17N5O2. The van der Waals surface area contributed by atoms with Crippen LogP contribution < -0.4 is 5.43 Å². The molecule has 0 fully saturated rings. The molecule has 7 nitrogen and oxygen atoms in total. The van der Waals surface area contributed by atoms with Crippen LogP contribution in [0.1, 0.15) is 18.2 Å². The molecule has 2 aromatic carbocycles. The van der Waals surface area contributed by atoms with Gasteiger partial charge in [-0.2, -0.15) is 10.4 Å². The van der Waals surface area contributed by atoms with E-state index in [9.17, 15) is 14.9 Å². The number of carbonyl (C=O) groups is 1. The van der Waals surface area contributed by atoms with Gasteiger partial charge in [0.2, 0.25) is 5.43 Å². The van der Waals surface area contributed by atoms with Crippen molar-refractivity contribution in [3.63, 3.8) is 0 Å². The first-order valence-electron chi connectivity index (χ1n) is 8.88. The molecular weight excluding hydrogens is 354 g/mol. The van der Waals surface area contributed by atoms with Gasteiger partial charge in [0.25, 0.3) is 0 Å². The maximum Gasteiger partial charge on any atom is 0.207 e. The number of ketones is 1. The van der Waals surface area contributed by atoms with E-state index >= 15 is 0 Å². The number of rotatable bonds is 5. The molecule has 2 aromatic heterocycles. The molecule has 1 unspecified atom stereocenters. The fourth-order valence-corrected chi connectivity index (χ4v) is 3.40. The number of benzene rings is 2. The van der Waals surface area contributed by atoms with Crippen LogP contribution in [0.4, 0.5) is 0 Å². The molecule has 4 rings (SSSR count). The molecule has 0 spiro atoms. The Labute approximate surface area is 160 Å². The second-order valence-corrected chi connectivity index (χ2v) is 6.55. The molecule has 0 saturated heterocycles. The van der Waals surface area contributed by atoms with Crippen molar-refractivity contribution in [3.05, 3.63) is 70.8 Å². The molecule has 28 heavy (non-hydrogen) atoms. The minimum Gasteiger partial charge on any atom is -0.330 e. The summed E-state index contributed by atoms with van der Waals surface area (Å²) in [5.41, 5.74) is 2.13. The Hall–Kier alpha value is -3.79. The number of nitriles is 1. The van der Waals surface area contributed by atoms with Gasteiger partial charge in [0.1, 0.15) is 5.82 Å². The van der Waals surface area contributed by atoms with Crippen LogP contribution in [0.25, 0.3) is 21.9 Å². The Morgan fingerprint density at radius 1 is 1.14 bits per heavy atom. The zero-order chi connectivity index (χ0) is 19.7. The average molecular weight is 371 g/mol. The standard InChI is InChI=1S/C21H17N5O2/c1-25-18-9-5-3-7-16(18)24-21(25)15(12-22)19(27)10-11-26-17-8-4-2-6-14(17)20(28)13-23-26/h2-9,13,15H,10-11H2,1H3. The van der Waals surface area contributed by atoms with Crippen LogP contribution in [0.15, 0.2) is 59.5 Å². The number of carbonyl (C=O) groups excluding carboxylic acids is 1. The lowest BCUT2D eigenvalue weighted by Gasteiger charge is -2.11. The molecule has 1 atom stereocenters. The predicted octanol–water partition coefficient (Wildman–Crippen LogP) is 2.55. The third kappa shape index (κ3) is 2.95. The first-order chi connectivity index (χ1) is 13.6. The van der Waals surface area contributed by atoms with E-state index in [0.717, 1.165) is 11.0 Å². The van der Waals surface area contributed by atoms with Gasteiger partial charge in [-0.1, -0.05) is 24.3 Å². The van der Waals surface area contributed by atoms with Gasteiger partial charge in [0.15, 0.2) is 11.7 Å². The van der Waals surface area contributed by atoms with Gasteiger partial charge in [-0.3, -0.25) is 14.3 Å². The highest BCUT2D eigenvalue weighted by molar-refractivity contribution is 5.89. The first-order valence-corrected chi connectivity index (χ1v) is 8.88. The Morgan fingerprint density at radius 3 is 2.61 bits per heavy atom. The molecule has 0 aliphatic carbocycles. The normalized spacial score (nSPS) is 12.1. The average Bonchev–Trinajstić information content (AvgIpc) is 3.05. The minimum absolute atomic E-state index is 0.112. The molecule has 0 saturated carbocycles. The largest absolute Gasteiger partial charge is 0.330 e. The lowest BCUT2D eigenvalue weighted by Crippen LogP contribution is -2.19. The van der Waals surface area contributed by atoms with Gasteiger partial charge in [-0.15, -0.1) is 0 Å². The maximum absolute atomic E-state index is 12.8. The minimum atomic E-state index is -0.956. The van der Waals surface area contributed by atoms with Gasteiger partial charge in [0.05, 0.1) is 28.8 Å². The summed E-state index contributed by atoms with van der Waals surface area (Å²) in [6.45, 7) is 0.280. The zero-order valence-corrected chi connectivity index (χ0v) is 15.2. The number of Topliss-reactive ketones (excluding diaryl/α,β-unsaturated/α-hetero) is 1. The van der Waals surface area contributed by atoms with E-state index in [0.29, 0.717) is 16.7 Å². The summed E-state index contributed by atoms with van der Waals surface area (Å²) in [4.78, 5) is 29.2. The van der Waals surface area contributed by atoms with Crippen molar-refractivity contribution in [2.45, 2.75) is 18.9 Å². The lowest BCUT2D eigenvalue weighted by atomic mass is 10.0. The Bertz CT molecular complexity index is 1300. The molecule has 7 heteroatoms. The molecule has 0 N–H and O–H groups in total. The second kappa shape index (κ2) is 7.08. The molecule has 0 aliphatic heterocycles. The van der Waals surface area contributed by atoms with E-state index in [-0.39, 0.29) is 24.2 Å². The van der Waals surface area contributed by atoms with Gasteiger partial charge >= 0.3 is 0 Å². The summed E-state index contributed by atoms with van der Waals surface area (Å²) >= 11 is 0. The van der Waals surface area contributed by atoms with Crippen LogP contribution in [0.3, 0.4) is 0 Å². The van der Waals surface area contributed by atoms with Crippen molar-refractivity contribution in [3.8, 4) is 6.07 Å². The summed E-state index contributed by atoms with van der Waals surface area (Å²) in [6.07, 6.45) is 1.36. The molecule has 0 amide bonds. The SMILES string of the molecule is Cn1c(C(C#N)C(=O)CCn2ncc(=O)c3ccccc32)nc2ccccc21. The molecule has 4 aromatic rings. The highest BCUT2D eigenvalue weighted by Gasteiger charge is 2.25. The molecule has 0 aliphatic rings. The van der Waals surface area contributed by atoms with Gasteiger partial charge in [0, 0.05) is 25.4 Å². The Balaban J connectivity index is 1.61. The highest BCUT2D eigenvalue weighted by Crippen LogP contribution is 2.22. The van der Waals surface area contributed by atoms with Crippen molar-refractivity contribution in [1.82, 2.24) is 19.3 Å². The van der Waals surface area contributed by atoms with Crippen molar-refractivity contribution in [2.24, 2.45) is 7.05 Å². The van der Waals surface area contributed by atoms with Crippen molar-refractivity contribution in [2.75, 3.05) is 0 Å². The number of hydrogen-bond acceptors (Lipinski definition) is 5. The Kier molecular flexibility index (Phi) is 4.45. The summed E-state index contributed by atoms with van der Waals surface area (Å²) < 4.78 is 3.41. The van der Waals surface area contributed by atoms with E-state index in [1.165, 1.54) is 6.20 Å². The third-order valence-electron chi connectivity index (χ3n) is 4.86. The smallest absolute Gasteiger partial charge is 0.207 e. The van der Waals surface area contributed by atoms with E-state index in [4.69, 9.17) is 0 Å². The van der Waals surface area contributed by atoms with E-state index in [1.807, 2.05) is 30.3 Å². The number of aromatic nitrogens is 4. The monoisotopic (exact) mass is 371 g/mol. The molecule has 138 valence electrons. The fraction of sp³-hybridized carbons (Fsp3) is 0.190.